The normalized spacial score (nSPS) is 27.5. The minimum Gasteiger partial charge on any atom is -0.460 e. The molecule has 0 aromatic heterocycles. The Hall–Kier alpha value is -6.57. The van der Waals surface area contributed by atoms with E-state index in [4.69, 9.17) is 32.5 Å². The number of esters is 1. The van der Waals surface area contributed by atoms with Gasteiger partial charge in [0.25, 0.3) is 0 Å². The molecule has 6 aliphatic rings. The highest BCUT2D eigenvalue weighted by atomic mass is 31.2. The largest absolute Gasteiger partial charge is 0.476 e. The second kappa shape index (κ2) is 26.6. The van der Waals surface area contributed by atoms with Crippen LogP contribution in [0.2, 0.25) is 0 Å². The Kier molecular flexibility index (Phi) is 19.8. The van der Waals surface area contributed by atoms with Crippen LogP contribution in [-0.2, 0) is 67.5 Å². The summed E-state index contributed by atoms with van der Waals surface area (Å²) in [5.41, 5.74) is -3.25. The number of rotatable bonds is 23. The number of ketones is 3. The maximum atomic E-state index is 18.4. The van der Waals surface area contributed by atoms with E-state index in [1.807, 2.05) is 78.9 Å². The molecule has 93 heavy (non-hydrogen) atoms. The first-order valence-electron chi connectivity index (χ1n) is 32.4. The number of hydrogen-bond donors (Lipinski definition) is 3. The maximum Gasteiger partial charge on any atom is 0.476 e. The number of carbonyl (C=O) groups excluding carboxylic acids is 6. The molecule has 20 heteroatoms. The number of anilines is 1. The number of halogens is 2. The van der Waals surface area contributed by atoms with E-state index in [0.29, 0.717) is 43.4 Å². The summed E-state index contributed by atoms with van der Waals surface area (Å²) in [6, 6.07) is 30.6. The van der Waals surface area contributed by atoms with Crippen molar-refractivity contribution in [1.82, 2.24) is 5.32 Å². The number of phosphoric ester groups is 1. The summed E-state index contributed by atoms with van der Waals surface area (Å²) < 4.78 is 91.8. The number of alkyl carbamates (subject to hydrolysis) is 1. The molecule has 3 saturated carbocycles. The van der Waals surface area contributed by atoms with Crippen LogP contribution in [0.1, 0.15) is 174 Å². The Labute approximate surface area is 544 Å². The molecule has 3 N–H and O–H groups in total. The molecular formula is C73H89F2N2O15P. The van der Waals surface area contributed by atoms with E-state index in [1.165, 1.54) is 19.1 Å². The number of unbranched alkanes of at least 4 members (excludes halogenated alkanes) is 2. The lowest BCUT2D eigenvalue weighted by molar-refractivity contribution is -0.235. The molecule has 10 rings (SSSR count). The van der Waals surface area contributed by atoms with E-state index < -0.39 is 113 Å². The molecule has 11 atom stereocenters. The zero-order chi connectivity index (χ0) is 67.3. The standard InChI is InChI=1S/C73H89F2N2O15P/c1-67(2,3)89-63(82)27-14-12-13-21-47(36-50(79)41-76-66(84)86-42-55-53-25-17-15-23-51(53)52-24-16-18-26-54(52)55)64(83)77-48-22-19-20-45(35-48)34-44-28-30-46(31-29-44)65-88-62-39-56-57-38-59(74)58-37-49(78)32-33-70(58,10)72(57,75)60(80)40-71(56,11)73(62,90-65)61(81)43-87-93(85,91-68(4,5)6)92-69(7,8)9/h15-20,22-26,28-33,35,37,47,55-57,59-60,62,65,80H,12-14,21,27,34,36,38-43H2,1-11H3,(H,76,84)(H,77,83)/t47-,56+,57+,59+,60+,62-,65-,70+,71+,72+,73-/m1/s1. The first kappa shape index (κ1) is 69.3. The van der Waals surface area contributed by atoms with Gasteiger partial charge in [0.15, 0.2) is 34.9 Å². The average Bonchev–Trinajstić information content (AvgIpc) is 1.58. The number of ether oxygens (including phenoxy) is 4. The number of carbonyl (C=O) groups is 6. The molecule has 0 bridgehead atoms. The number of benzene rings is 4. The van der Waals surface area contributed by atoms with Crippen molar-refractivity contribution >= 4 is 48.8 Å². The van der Waals surface area contributed by atoms with Crippen LogP contribution in [0.3, 0.4) is 0 Å². The Morgan fingerprint density at radius 3 is 2.10 bits per heavy atom. The van der Waals surface area contributed by atoms with Crippen LogP contribution in [0.15, 0.2) is 121 Å². The lowest BCUT2D eigenvalue weighted by Gasteiger charge is -2.63. The van der Waals surface area contributed by atoms with Crippen molar-refractivity contribution < 1.29 is 79.7 Å². The predicted octanol–water partition coefficient (Wildman–Crippen LogP) is 14.0. The van der Waals surface area contributed by atoms with E-state index in [9.17, 15) is 33.6 Å². The smallest absolute Gasteiger partial charge is 0.460 e. The summed E-state index contributed by atoms with van der Waals surface area (Å²) in [7, 11) is -4.48. The molecule has 4 aromatic carbocycles. The summed E-state index contributed by atoms with van der Waals surface area (Å²) in [6.45, 7) is 17.5. The highest BCUT2D eigenvalue weighted by Gasteiger charge is 2.80. The highest BCUT2D eigenvalue weighted by molar-refractivity contribution is 7.48. The Balaban J connectivity index is 0.820. The minimum atomic E-state index is -4.48. The topological polar surface area (TPSA) is 228 Å². The second-order valence-electron chi connectivity index (χ2n) is 29.4. The van der Waals surface area contributed by atoms with Crippen LogP contribution in [0, 0.1) is 28.6 Å². The van der Waals surface area contributed by atoms with E-state index in [-0.39, 0.29) is 74.4 Å². The van der Waals surface area contributed by atoms with Crippen LogP contribution in [0.5, 0.6) is 0 Å². The highest BCUT2D eigenvalue weighted by Crippen LogP contribution is 2.73. The number of aliphatic hydroxyl groups excluding tert-OH is 1. The van der Waals surface area contributed by atoms with Crippen LogP contribution in [-0.4, -0.2) is 107 Å². The van der Waals surface area contributed by atoms with Gasteiger partial charge in [-0.05, 0) is 177 Å². The second-order valence-corrected chi connectivity index (χ2v) is 30.9. The maximum absolute atomic E-state index is 18.4. The van der Waals surface area contributed by atoms with E-state index in [2.05, 4.69) is 10.6 Å². The van der Waals surface area contributed by atoms with Crippen molar-refractivity contribution in [2.24, 2.45) is 28.6 Å². The molecule has 1 saturated heterocycles. The molecule has 500 valence electrons. The number of alkyl halides is 2. The first-order valence-corrected chi connectivity index (χ1v) is 33.9. The van der Waals surface area contributed by atoms with Gasteiger partial charge in [-0.3, -0.25) is 37.5 Å². The number of Topliss-reactive ketones (excluding diaryl/α,β-unsaturated/α-hetero) is 2. The third kappa shape index (κ3) is 14.5. The average molecular weight is 1300 g/mol. The van der Waals surface area contributed by atoms with Gasteiger partial charge in [0, 0.05) is 52.7 Å². The van der Waals surface area contributed by atoms with Crippen LogP contribution in [0.4, 0.5) is 19.3 Å². The molecule has 1 aliphatic heterocycles. The molecule has 4 aromatic rings. The van der Waals surface area contributed by atoms with Gasteiger partial charge < -0.3 is 34.7 Å². The van der Waals surface area contributed by atoms with Crippen LogP contribution < -0.4 is 10.6 Å². The van der Waals surface area contributed by atoms with E-state index in [1.54, 1.807) is 87.4 Å². The van der Waals surface area contributed by atoms with Crippen molar-refractivity contribution in [2.75, 3.05) is 25.1 Å². The zero-order valence-electron chi connectivity index (χ0n) is 55.1. The van der Waals surface area contributed by atoms with Gasteiger partial charge in [-0.2, -0.15) is 0 Å². The number of allylic oxidation sites excluding steroid dienone is 4. The number of amides is 2. The third-order valence-electron chi connectivity index (χ3n) is 19.2. The van der Waals surface area contributed by atoms with Crippen molar-refractivity contribution in [3.8, 4) is 11.1 Å². The fourth-order valence-electron chi connectivity index (χ4n) is 15.3. The summed E-state index contributed by atoms with van der Waals surface area (Å²) in [4.78, 5) is 81.3. The van der Waals surface area contributed by atoms with Crippen molar-refractivity contribution in [3.63, 3.8) is 0 Å². The molecule has 5 aliphatic carbocycles. The lowest BCUT2D eigenvalue weighted by atomic mass is 9.44. The Morgan fingerprint density at radius 1 is 0.796 bits per heavy atom. The van der Waals surface area contributed by atoms with E-state index in [0.717, 1.165) is 39.5 Å². The summed E-state index contributed by atoms with van der Waals surface area (Å²) in [5.74, 6) is -5.14. The molecule has 0 radical (unpaired) electrons. The number of phosphoric acid groups is 1. The Morgan fingerprint density at radius 2 is 1.45 bits per heavy atom. The number of aliphatic hydroxyl groups is 1. The molecule has 2 amide bonds. The first-order chi connectivity index (χ1) is 43.6. The van der Waals surface area contributed by atoms with Gasteiger partial charge >= 0.3 is 19.9 Å². The van der Waals surface area contributed by atoms with Crippen LogP contribution >= 0.6 is 7.82 Å². The molecule has 4 fully saturated rings. The van der Waals surface area contributed by atoms with Crippen molar-refractivity contribution in [2.45, 2.75) is 199 Å². The summed E-state index contributed by atoms with van der Waals surface area (Å²) in [6.07, 6.45) is -0.989. The van der Waals surface area contributed by atoms with Gasteiger partial charge in [0.05, 0.1) is 30.0 Å². The van der Waals surface area contributed by atoms with Gasteiger partial charge in [-0.15, -0.1) is 0 Å². The molecular weight excluding hydrogens is 1210 g/mol. The van der Waals surface area contributed by atoms with Gasteiger partial charge in [-0.25, -0.2) is 18.1 Å². The van der Waals surface area contributed by atoms with Gasteiger partial charge in [-0.1, -0.05) is 111 Å². The number of nitrogens with one attached hydrogen (secondary N) is 2. The predicted molar refractivity (Wildman–Crippen MR) is 345 cm³/mol. The molecule has 0 unspecified atom stereocenters. The number of fused-ring (bicyclic) bond motifs is 10. The molecule has 17 nitrogen and oxygen atoms in total. The van der Waals surface area contributed by atoms with E-state index >= 15 is 13.6 Å². The summed E-state index contributed by atoms with van der Waals surface area (Å²) in [5, 5.41) is 17.9. The SMILES string of the molecule is CC(C)(C)OC(=O)CCCCC[C@H](CC(=O)CNC(=O)OCC1c2ccccc2-c2ccccc21)C(=O)Nc1cccc(Cc2ccc([C@@H]3O[C@@H]4C[C@H]5[C@@H]6C[C@H](F)C7=CC(=O)C=C[C@]7(C)[C@@]6(F)[C@@H](O)C[C@]5(C)[C@]4(C(=O)COP(=O)(OC(C)(C)C)OC(C)(C)C)O3)cc2)c1. The fourth-order valence-corrected chi connectivity index (χ4v) is 17.1. The van der Waals surface area contributed by atoms with Crippen molar-refractivity contribution in [3.05, 3.63) is 149 Å². The Bertz CT molecular complexity index is 3560. The molecule has 0 spiro atoms. The monoisotopic (exact) mass is 1300 g/mol. The van der Waals surface area contributed by atoms with Gasteiger partial charge in [0.1, 0.15) is 25.0 Å². The van der Waals surface area contributed by atoms with Crippen LogP contribution in [0.25, 0.3) is 11.1 Å². The fraction of sp³-hybridized carbons (Fsp3) is 0.534. The third-order valence-corrected chi connectivity index (χ3v) is 21.2. The summed E-state index contributed by atoms with van der Waals surface area (Å²) >= 11 is 0. The lowest BCUT2D eigenvalue weighted by Crippen LogP contribution is -2.70. The molecule has 1 heterocycles. The zero-order valence-corrected chi connectivity index (χ0v) is 56.0. The minimum absolute atomic E-state index is 0.0274. The van der Waals surface area contributed by atoms with Gasteiger partial charge in [0.2, 0.25) is 5.91 Å². The number of hydrogen-bond acceptors (Lipinski definition) is 15. The van der Waals surface area contributed by atoms with Crippen molar-refractivity contribution in [1.29, 1.82) is 0 Å². The quantitative estimate of drug-likeness (QED) is 0.0356.